The maximum Gasteiger partial charge on any atom is 0.191 e. The van der Waals surface area contributed by atoms with Gasteiger partial charge in [-0.2, -0.15) is 0 Å². The van der Waals surface area contributed by atoms with Crippen LogP contribution in [0, 0.1) is 0 Å². The molecule has 1 N–H and O–H groups in total. The van der Waals surface area contributed by atoms with Crippen molar-refractivity contribution in [3.8, 4) is 0 Å². The lowest BCUT2D eigenvalue weighted by molar-refractivity contribution is 0.104. The first kappa shape index (κ1) is 12.0. The minimum Gasteiger partial charge on any atom is -0.477 e. The molecule has 3 nitrogen and oxygen atoms in total. The SMILES string of the molecule is CC1(C)CO/C(=C/C(=O)c2ccc(Cl)cc2)N1. The van der Waals surface area contributed by atoms with Gasteiger partial charge in [0.15, 0.2) is 11.7 Å². The molecule has 0 atom stereocenters. The largest absolute Gasteiger partial charge is 0.477 e. The zero-order valence-electron chi connectivity index (χ0n) is 9.79. The predicted molar refractivity (Wildman–Crippen MR) is 67.0 cm³/mol. The summed E-state index contributed by atoms with van der Waals surface area (Å²) in [6.07, 6.45) is 1.47. The Bertz CT molecular complexity index is 463. The molecule has 1 aromatic rings. The van der Waals surface area contributed by atoms with Crippen molar-refractivity contribution in [1.29, 1.82) is 0 Å². The van der Waals surface area contributed by atoms with E-state index in [0.29, 0.717) is 23.1 Å². The second kappa shape index (κ2) is 4.41. The van der Waals surface area contributed by atoms with E-state index in [1.807, 2.05) is 13.8 Å². The maximum absolute atomic E-state index is 11.9. The molecule has 1 fully saturated rings. The monoisotopic (exact) mass is 251 g/mol. The Kier molecular flexibility index (Phi) is 3.11. The van der Waals surface area contributed by atoms with Crippen LogP contribution in [0.4, 0.5) is 0 Å². The Morgan fingerprint density at radius 3 is 2.59 bits per heavy atom. The molecule has 0 amide bonds. The molecule has 0 unspecified atom stereocenters. The molecule has 0 aliphatic carbocycles. The summed E-state index contributed by atoms with van der Waals surface area (Å²) in [5.74, 6) is 0.428. The minimum absolute atomic E-state index is 0.0955. The molecule has 0 saturated carbocycles. The van der Waals surface area contributed by atoms with Gasteiger partial charge >= 0.3 is 0 Å². The molecule has 1 saturated heterocycles. The number of carbonyl (C=O) groups excluding carboxylic acids is 1. The molecule has 0 aromatic heterocycles. The van der Waals surface area contributed by atoms with Gasteiger partial charge in [0.05, 0.1) is 5.54 Å². The Labute approximate surface area is 105 Å². The summed E-state index contributed by atoms with van der Waals surface area (Å²) in [6.45, 7) is 4.59. The number of benzene rings is 1. The van der Waals surface area contributed by atoms with E-state index >= 15 is 0 Å². The van der Waals surface area contributed by atoms with Crippen molar-refractivity contribution in [3.63, 3.8) is 0 Å². The average Bonchev–Trinajstić information content (AvgIpc) is 2.59. The topological polar surface area (TPSA) is 38.3 Å². The molecular weight excluding hydrogens is 238 g/mol. The zero-order chi connectivity index (χ0) is 12.5. The lowest BCUT2D eigenvalue weighted by Gasteiger charge is -2.13. The van der Waals surface area contributed by atoms with Crippen molar-refractivity contribution in [2.24, 2.45) is 0 Å². The highest BCUT2D eigenvalue weighted by Crippen LogP contribution is 2.17. The van der Waals surface area contributed by atoms with Crippen LogP contribution in [0.2, 0.25) is 5.02 Å². The molecule has 17 heavy (non-hydrogen) atoms. The van der Waals surface area contributed by atoms with Crippen LogP contribution in [0.1, 0.15) is 24.2 Å². The van der Waals surface area contributed by atoms with Gasteiger partial charge in [-0.15, -0.1) is 0 Å². The van der Waals surface area contributed by atoms with Crippen LogP contribution in [0.3, 0.4) is 0 Å². The summed E-state index contributed by atoms with van der Waals surface area (Å²) in [6, 6.07) is 6.78. The molecular formula is C13H14ClNO2. The highest BCUT2D eigenvalue weighted by atomic mass is 35.5. The highest BCUT2D eigenvalue weighted by molar-refractivity contribution is 6.30. The number of nitrogens with one attached hydrogen (secondary N) is 1. The first-order chi connectivity index (χ1) is 7.96. The van der Waals surface area contributed by atoms with Gasteiger partial charge in [0.25, 0.3) is 0 Å². The summed E-state index contributed by atoms with van der Waals surface area (Å²) in [7, 11) is 0. The molecule has 0 bridgehead atoms. The molecule has 1 aliphatic heterocycles. The lowest BCUT2D eigenvalue weighted by Crippen LogP contribution is -2.34. The van der Waals surface area contributed by atoms with Gasteiger partial charge in [-0.3, -0.25) is 4.79 Å². The van der Waals surface area contributed by atoms with Crippen molar-refractivity contribution >= 4 is 17.4 Å². The Morgan fingerprint density at radius 1 is 1.41 bits per heavy atom. The van der Waals surface area contributed by atoms with Crippen LogP contribution in [0.5, 0.6) is 0 Å². The maximum atomic E-state index is 11.9. The van der Waals surface area contributed by atoms with Crippen molar-refractivity contribution in [2.45, 2.75) is 19.4 Å². The first-order valence-corrected chi connectivity index (χ1v) is 5.77. The Hall–Kier alpha value is -1.48. The van der Waals surface area contributed by atoms with Gasteiger partial charge in [-0.05, 0) is 38.1 Å². The second-order valence-corrected chi connectivity index (χ2v) is 5.11. The third-order valence-electron chi connectivity index (χ3n) is 2.44. The second-order valence-electron chi connectivity index (χ2n) is 4.68. The molecule has 1 aliphatic rings. The summed E-state index contributed by atoms with van der Waals surface area (Å²) in [4.78, 5) is 11.9. The van der Waals surface area contributed by atoms with Gasteiger partial charge in [0.2, 0.25) is 0 Å². The molecule has 1 heterocycles. The van der Waals surface area contributed by atoms with E-state index in [-0.39, 0.29) is 11.3 Å². The van der Waals surface area contributed by atoms with Crippen molar-refractivity contribution < 1.29 is 9.53 Å². The number of carbonyl (C=O) groups is 1. The van der Waals surface area contributed by atoms with Gasteiger partial charge in [-0.25, -0.2) is 0 Å². The minimum atomic E-state index is -0.119. The van der Waals surface area contributed by atoms with Crippen LogP contribution in [-0.2, 0) is 4.74 Å². The predicted octanol–water partition coefficient (Wildman–Crippen LogP) is 2.76. The zero-order valence-corrected chi connectivity index (χ0v) is 10.5. The summed E-state index contributed by atoms with van der Waals surface area (Å²) < 4.78 is 5.39. The number of rotatable bonds is 2. The molecule has 4 heteroatoms. The fourth-order valence-corrected chi connectivity index (χ4v) is 1.68. The number of hydrogen-bond acceptors (Lipinski definition) is 3. The van der Waals surface area contributed by atoms with Crippen LogP contribution in [0.25, 0.3) is 0 Å². The summed E-state index contributed by atoms with van der Waals surface area (Å²) in [5, 5.41) is 3.75. The third kappa shape index (κ3) is 3.01. The smallest absolute Gasteiger partial charge is 0.191 e. The van der Waals surface area contributed by atoms with Crippen molar-refractivity contribution in [2.75, 3.05) is 6.61 Å². The fraction of sp³-hybridized carbons (Fsp3) is 0.308. The van der Waals surface area contributed by atoms with Crippen LogP contribution < -0.4 is 5.32 Å². The van der Waals surface area contributed by atoms with Crippen LogP contribution in [-0.4, -0.2) is 17.9 Å². The standard InChI is InChI=1S/C13H14ClNO2/c1-13(2)8-17-12(15-13)7-11(16)9-3-5-10(14)6-4-9/h3-7,15H,8H2,1-2H3/b12-7+. The van der Waals surface area contributed by atoms with Crippen LogP contribution in [0.15, 0.2) is 36.2 Å². The molecule has 0 radical (unpaired) electrons. The Morgan fingerprint density at radius 2 is 2.06 bits per heavy atom. The molecule has 1 aromatic carbocycles. The fourth-order valence-electron chi connectivity index (χ4n) is 1.56. The van der Waals surface area contributed by atoms with Gasteiger partial charge in [0.1, 0.15) is 6.61 Å². The normalized spacial score (nSPS) is 19.8. The van der Waals surface area contributed by atoms with E-state index in [9.17, 15) is 4.79 Å². The highest BCUT2D eigenvalue weighted by Gasteiger charge is 2.27. The van der Waals surface area contributed by atoms with E-state index in [1.54, 1.807) is 24.3 Å². The molecule has 2 rings (SSSR count). The van der Waals surface area contributed by atoms with Crippen LogP contribution >= 0.6 is 11.6 Å². The van der Waals surface area contributed by atoms with Gasteiger partial charge in [-0.1, -0.05) is 11.6 Å². The van der Waals surface area contributed by atoms with Gasteiger partial charge in [0, 0.05) is 16.7 Å². The molecule has 90 valence electrons. The van der Waals surface area contributed by atoms with E-state index in [4.69, 9.17) is 16.3 Å². The van der Waals surface area contributed by atoms with Gasteiger partial charge < -0.3 is 10.1 Å². The summed E-state index contributed by atoms with van der Waals surface area (Å²) >= 11 is 5.76. The molecule has 0 spiro atoms. The van der Waals surface area contributed by atoms with Crippen molar-refractivity contribution in [1.82, 2.24) is 5.32 Å². The number of ketones is 1. The summed E-state index contributed by atoms with van der Waals surface area (Å²) in [5.41, 5.74) is 0.476. The van der Waals surface area contributed by atoms with E-state index in [2.05, 4.69) is 5.32 Å². The van der Waals surface area contributed by atoms with E-state index in [0.717, 1.165) is 0 Å². The number of allylic oxidation sites excluding steroid dienone is 1. The number of halogens is 1. The lowest BCUT2D eigenvalue weighted by atomic mass is 10.1. The third-order valence-corrected chi connectivity index (χ3v) is 2.69. The first-order valence-electron chi connectivity index (χ1n) is 5.39. The Balaban J connectivity index is 2.12. The quantitative estimate of drug-likeness (QED) is 0.649. The average molecular weight is 252 g/mol. The van der Waals surface area contributed by atoms with E-state index < -0.39 is 0 Å². The van der Waals surface area contributed by atoms with Crippen molar-refractivity contribution in [3.05, 3.63) is 46.8 Å². The number of ether oxygens (including phenoxy) is 1. The van der Waals surface area contributed by atoms with E-state index in [1.165, 1.54) is 6.08 Å². The number of hydrogen-bond donors (Lipinski definition) is 1.